The fraction of sp³-hybridized carbons (Fsp3) is 0.176. The van der Waals surface area contributed by atoms with E-state index in [1.165, 1.54) is 32.2 Å². The molecule has 2 rings (SSSR count). The molecule has 0 aliphatic carbocycles. The molecule has 0 spiro atoms. The second-order valence-electron chi connectivity index (χ2n) is 5.16. The number of hydrogen-bond acceptors (Lipinski definition) is 6. The van der Waals surface area contributed by atoms with Gasteiger partial charge in [-0.15, -0.1) is 0 Å². The van der Waals surface area contributed by atoms with Gasteiger partial charge >= 0.3 is 5.97 Å². The lowest BCUT2D eigenvalue weighted by Gasteiger charge is -2.14. The first kappa shape index (κ1) is 19.4. The van der Waals surface area contributed by atoms with Crippen molar-refractivity contribution in [2.24, 2.45) is 0 Å². The zero-order valence-corrected chi connectivity index (χ0v) is 15.5. The first-order valence-electron chi connectivity index (χ1n) is 7.42. The molecule has 2 aromatic rings. The molecule has 1 atom stereocenters. The molecule has 0 heterocycles. The Morgan fingerprint density at radius 3 is 2.54 bits per heavy atom. The van der Waals surface area contributed by atoms with Crippen molar-refractivity contribution < 1.29 is 24.0 Å². The van der Waals surface area contributed by atoms with Crippen LogP contribution in [0.1, 0.15) is 17.3 Å². The Kier molecular flexibility index (Phi) is 6.29. The number of hydrogen-bond donors (Lipinski definition) is 1. The topological polar surface area (TPSA) is 108 Å². The number of methoxy groups -OCH3 is 1. The van der Waals surface area contributed by atoms with Crippen LogP contribution < -0.4 is 10.1 Å². The second kappa shape index (κ2) is 8.43. The fourth-order valence-corrected chi connectivity index (χ4v) is 2.48. The molecule has 8 nitrogen and oxygen atoms in total. The van der Waals surface area contributed by atoms with Crippen LogP contribution in [0, 0.1) is 10.1 Å². The van der Waals surface area contributed by atoms with E-state index in [1.54, 1.807) is 24.3 Å². The summed E-state index contributed by atoms with van der Waals surface area (Å²) in [6.07, 6.45) is -1.16. The Labute approximate surface area is 157 Å². The number of rotatable bonds is 6. The van der Waals surface area contributed by atoms with Gasteiger partial charge in [-0.25, -0.2) is 4.79 Å². The smallest absolute Gasteiger partial charge is 0.340 e. The second-order valence-corrected chi connectivity index (χ2v) is 6.01. The van der Waals surface area contributed by atoms with E-state index >= 15 is 0 Å². The van der Waals surface area contributed by atoms with Crippen molar-refractivity contribution >= 4 is 39.2 Å². The third-order valence-corrected chi connectivity index (χ3v) is 4.10. The number of nitro groups is 1. The molecular weight excluding hydrogens is 408 g/mol. The summed E-state index contributed by atoms with van der Waals surface area (Å²) in [5, 5.41) is 13.5. The molecule has 2 aromatic carbocycles. The molecule has 0 aliphatic rings. The normalized spacial score (nSPS) is 11.3. The Hall–Kier alpha value is -2.94. The third kappa shape index (κ3) is 4.57. The Morgan fingerprint density at radius 2 is 1.92 bits per heavy atom. The minimum atomic E-state index is -1.16. The van der Waals surface area contributed by atoms with Crippen LogP contribution in [0.3, 0.4) is 0 Å². The number of benzene rings is 2. The maximum atomic E-state index is 12.2. The number of esters is 1. The van der Waals surface area contributed by atoms with Crippen LogP contribution in [0.2, 0.25) is 0 Å². The average Bonchev–Trinajstić information content (AvgIpc) is 2.61. The fourth-order valence-electron chi connectivity index (χ4n) is 2.03. The Morgan fingerprint density at radius 1 is 1.23 bits per heavy atom. The number of carbonyl (C=O) groups is 2. The number of nitrogens with one attached hydrogen (secondary N) is 1. The minimum absolute atomic E-state index is 0.0235. The predicted octanol–water partition coefficient (Wildman–Crippen LogP) is 3.55. The van der Waals surface area contributed by atoms with Crippen LogP contribution in [-0.4, -0.2) is 30.0 Å². The number of nitrogens with zero attached hydrogens (tertiary/aromatic N) is 1. The van der Waals surface area contributed by atoms with Gasteiger partial charge in [0.1, 0.15) is 11.4 Å². The van der Waals surface area contributed by atoms with Gasteiger partial charge in [-0.1, -0.05) is 12.1 Å². The molecule has 0 aliphatic heterocycles. The Bertz CT molecular complexity index is 855. The highest BCUT2D eigenvalue weighted by Crippen LogP contribution is 2.29. The SMILES string of the molecule is COc1ccc(NC(=O)C(C)OC(=O)c2ccccc2Br)c([N+](=O)[O-])c1. The minimum Gasteiger partial charge on any atom is -0.496 e. The van der Waals surface area contributed by atoms with Gasteiger partial charge in [0.15, 0.2) is 6.10 Å². The molecule has 0 saturated heterocycles. The van der Waals surface area contributed by atoms with Gasteiger partial charge in [-0.2, -0.15) is 0 Å². The molecular formula is C17H15BrN2O6. The van der Waals surface area contributed by atoms with Gasteiger partial charge in [0, 0.05) is 4.47 Å². The summed E-state index contributed by atoms with van der Waals surface area (Å²) in [6, 6.07) is 10.6. The zero-order chi connectivity index (χ0) is 19.3. The number of carbonyl (C=O) groups excluding carboxylic acids is 2. The van der Waals surface area contributed by atoms with Gasteiger partial charge in [-0.3, -0.25) is 14.9 Å². The molecule has 0 radical (unpaired) electrons. The highest BCUT2D eigenvalue weighted by Gasteiger charge is 2.23. The first-order chi connectivity index (χ1) is 12.3. The molecule has 1 N–H and O–H groups in total. The summed E-state index contributed by atoms with van der Waals surface area (Å²) in [7, 11) is 1.38. The van der Waals surface area contributed by atoms with E-state index in [4.69, 9.17) is 9.47 Å². The maximum absolute atomic E-state index is 12.2. The van der Waals surface area contributed by atoms with E-state index in [0.29, 0.717) is 4.47 Å². The van der Waals surface area contributed by atoms with Crippen molar-refractivity contribution in [1.82, 2.24) is 0 Å². The summed E-state index contributed by atoms with van der Waals surface area (Å²) < 4.78 is 10.6. The lowest BCUT2D eigenvalue weighted by Crippen LogP contribution is -2.30. The van der Waals surface area contributed by atoms with E-state index in [1.807, 2.05) is 0 Å². The summed E-state index contributed by atoms with van der Waals surface area (Å²) in [5.41, 5.74) is -0.0887. The van der Waals surface area contributed by atoms with E-state index in [9.17, 15) is 19.7 Å². The average molecular weight is 423 g/mol. The summed E-state index contributed by atoms with van der Waals surface area (Å²) in [5.74, 6) is -1.11. The van der Waals surface area contributed by atoms with E-state index < -0.39 is 22.9 Å². The Balaban J connectivity index is 2.11. The van der Waals surface area contributed by atoms with Crippen LogP contribution >= 0.6 is 15.9 Å². The standard InChI is InChI=1S/C17H15BrN2O6/c1-10(26-17(22)12-5-3-4-6-13(12)18)16(21)19-14-8-7-11(25-2)9-15(14)20(23)24/h3-10H,1-2H3,(H,19,21). The molecule has 136 valence electrons. The molecule has 0 bridgehead atoms. The lowest BCUT2D eigenvalue weighted by atomic mass is 10.2. The van der Waals surface area contributed by atoms with Gasteiger partial charge in [-0.05, 0) is 47.1 Å². The van der Waals surface area contributed by atoms with Crippen LogP contribution in [-0.2, 0) is 9.53 Å². The molecule has 1 unspecified atom stereocenters. The molecule has 0 aromatic heterocycles. The van der Waals surface area contributed by atoms with Crippen LogP contribution in [0.5, 0.6) is 5.75 Å². The maximum Gasteiger partial charge on any atom is 0.340 e. The highest BCUT2D eigenvalue weighted by atomic mass is 79.9. The van der Waals surface area contributed by atoms with Crippen molar-refractivity contribution in [2.45, 2.75) is 13.0 Å². The largest absolute Gasteiger partial charge is 0.496 e. The summed E-state index contributed by atoms with van der Waals surface area (Å²) in [6.45, 7) is 1.37. The molecule has 26 heavy (non-hydrogen) atoms. The number of amides is 1. The van der Waals surface area contributed by atoms with Crippen molar-refractivity contribution in [1.29, 1.82) is 0 Å². The third-order valence-electron chi connectivity index (χ3n) is 3.41. The predicted molar refractivity (Wildman–Crippen MR) is 97.3 cm³/mol. The van der Waals surface area contributed by atoms with Crippen molar-refractivity contribution in [3.63, 3.8) is 0 Å². The number of ether oxygens (including phenoxy) is 2. The van der Waals surface area contributed by atoms with E-state index in [-0.39, 0.29) is 22.7 Å². The lowest BCUT2D eigenvalue weighted by molar-refractivity contribution is -0.384. The first-order valence-corrected chi connectivity index (χ1v) is 8.21. The summed E-state index contributed by atoms with van der Waals surface area (Å²) >= 11 is 3.23. The highest BCUT2D eigenvalue weighted by molar-refractivity contribution is 9.10. The van der Waals surface area contributed by atoms with Gasteiger partial charge in [0.25, 0.3) is 11.6 Å². The monoisotopic (exact) mass is 422 g/mol. The molecule has 0 saturated carbocycles. The summed E-state index contributed by atoms with van der Waals surface area (Å²) in [4.78, 5) is 34.9. The molecule has 0 fully saturated rings. The van der Waals surface area contributed by atoms with Crippen LogP contribution in [0.15, 0.2) is 46.9 Å². The van der Waals surface area contributed by atoms with Crippen LogP contribution in [0.4, 0.5) is 11.4 Å². The quantitative estimate of drug-likeness (QED) is 0.433. The zero-order valence-electron chi connectivity index (χ0n) is 13.9. The van der Waals surface area contributed by atoms with Crippen LogP contribution in [0.25, 0.3) is 0 Å². The van der Waals surface area contributed by atoms with Crippen molar-refractivity contribution in [3.05, 3.63) is 62.6 Å². The number of anilines is 1. The van der Waals surface area contributed by atoms with E-state index in [2.05, 4.69) is 21.2 Å². The number of halogens is 1. The van der Waals surface area contributed by atoms with Gasteiger partial charge in [0.05, 0.1) is 23.7 Å². The molecule has 1 amide bonds. The number of nitro benzene ring substituents is 1. The molecule has 9 heteroatoms. The van der Waals surface area contributed by atoms with Gasteiger partial charge < -0.3 is 14.8 Å². The van der Waals surface area contributed by atoms with Gasteiger partial charge in [0.2, 0.25) is 0 Å². The van der Waals surface area contributed by atoms with E-state index in [0.717, 1.165) is 0 Å². The van der Waals surface area contributed by atoms with Crippen molar-refractivity contribution in [2.75, 3.05) is 12.4 Å². The van der Waals surface area contributed by atoms with Crippen molar-refractivity contribution in [3.8, 4) is 5.75 Å².